The van der Waals surface area contributed by atoms with E-state index >= 15 is 0 Å². The molecule has 5 heteroatoms. The van der Waals surface area contributed by atoms with Crippen molar-refractivity contribution in [2.45, 2.75) is 0 Å². The molecule has 1 heterocycles. The number of nitrogens with zero attached hydrogens (tertiary/aromatic N) is 1. The molecule has 1 aromatic heterocycles. The molecule has 17 heavy (non-hydrogen) atoms. The first-order valence-corrected chi connectivity index (χ1v) is 4.92. The van der Waals surface area contributed by atoms with Crippen LogP contribution in [0.25, 0.3) is 10.9 Å². The van der Waals surface area contributed by atoms with Crippen LogP contribution < -0.4 is 0 Å². The lowest BCUT2D eigenvalue weighted by molar-refractivity contribution is -0.135. The highest BCUT2D eigenvalue weighted by atomic mass is 19.1. The summed E-state index contributed by atoms with van der Waals surface area (Å²) in [7, 11) is 2.85. The standard InChI is InChI=1S/C12H10FNO3/c1-14-6-9(11(15)12(16)17-2)8-5-7(13)3-4-10(8)14/h3-6H,1-2H3. The molecule has 88 valence electrons. The second-order valence-corrected chi connectivity index (χ2v) is 3.64. The Kier molecular flexibility index (Phi) is 2.67. The third kappa shape index (κ3) is 1.80. The minimum absolute atomic E-state index is 0.147. The summed E-state index contributed by atoms with van der Waals surface area (Å²) >= 11 is 0. The van der Waals surface area contributed by atoms with Crippen molar-refractivity contribution in [2.75, 3.05) is 7.11 Å². The lowest BCUT2D eigenvalue weighted by atomic mass is 10.1. The van der Waals surface area contributed by atoms with Crippen LogP contribution in [0.3, 0.4) is 0 Å². The Morgan fingerprint density at radius 3 is 2.71 bits per heavy atom. The van der Waals surface area contributed by atoms with Crippen molar-refractivity contribution < 1.29 is 18.7 Å². The zero-order valence-corrected chi connectivity index (χ0v) is 9.36. The average molecular weight is 235 g/mol. The molecule has 2 aromatic rings. The van der Waals surface area contributed by atoms with Crippen LogP contribution in [0.1, 0.15) is 10.4 Å². The fraction of sp³-hybridized carbons (Fsp3) is 0.167. The predicted octanol–water partition coefficient (Wildman–Crippen LogP) is 1.67. The minimum atomic E-state index is -0.957. The van der Waals surface area contributed by atoms with Crippen LogP contribution >= 0.6 is 0 Å². The molecule has 0 amide bonds. The van der Waals surface area contributed by atoms with Gasteiger partial charge in [-0.3, -0.25) is 4.79 Å². The van der Waals surface area contributed by atoms with Gasteiger partial charge in [-0.15, -0.1) is 0 Å². The van der Waals surface area contributed by atoms with Crippen molar-refractivity contribution in [3.63, 3.8) is 0 Å². The molecule has 0 N–H and O–H groups in total. The summed E-state index contributed by atoms with van der Waals surface area (Å²) in [5, 5.41) is 0.405. The maximum Gasteiger partial charge on any atom is 0.379 e. The Morgan fingerprint density at radius 2 is 2.06 bits per heavy atom. The molecular weight excluding hydrogens is 225 g/mol. The number of aromatic nitrogens is 1. The van der Waals surface area contributed by atoms with Crippen LogP contribution in [-0.4, -0.2) is 23.4 Å². The normalized spacial score (nSPS) is 10.5. The number of carbonyl (C=O) groups excluding carboxylic acids is 2. The summed E-state index contributed by atoms with van der Waals surface area (Å²) in [6, 6.07) is 4.08. The average Bonchev–Trinajstić information content (AvgIpc) is 2.64. The highest BCUT2D eigenvalue weighted by Crippen LogP contribution is 2.22. The third-order valence-electron chi connectivity index (χ3n) is 2.57. The monoisotopic (exact) mass is 235 g/mol. The number of ether oxygens (including phenoxy) is 1. The first kappa shape index (κ1) is 11.3. The van der Waals surface area contributed by atoms with Crippen molar-refractivity contribution in [2.24, 2.45) is 7.05 Å². The quantitative estimate of drug-likeness (QED) is 0.452. The summed E-state index contributed by atoms with van der Waals surface area (Å²) in [6.07, 6.45) is 1.49. The first-order chi connectivity index (χ1) is 8.04. The van der Waals surface area contributed by atoms with Gasteiger partial charge in [-0.2, -0.15) is 0 Å². The highest BCUT2D eigenvalue weighted by Gasteiger charge is 2.21. The van der Waals surface area contributed by atoms with Gasteiger partial charge in [0.25, 0.3) is 5.78 Å². The molecule has 0 bridgehead atoms. The lowest BCUT2D eigenvalue weighted by Gasteiger charge is -1.97. The summed E-state index contributed by atoms with van der Waals surface area (Å²) in [5.41, 5.74) is 0.826. The van der Waals surface area contributed by atoms with E-state index < -0.39 is 17.6 Å². The van der Waals surface area contributed by atoms with Crippen molar-refractivity contribution >= 4 is 22.7 Å². The van der Waals surface area contributed by atoms with E-state index in [0.29, 0.717) is 10.9 Å². The van der Waals surface area contributed by atoms with Crippen molar-refractivity contribution in [3.8, 4) is 0 Å². The molecule has 0 fully saturated rings. The van der Waals surface area contributed by atoms with Gasteiger partial charge in [0.1, 0.15) is 5.82 Å². The number of hydrogen-bond donors (Lipinski definition) is 0. The molecule has 0 atom stereocenters. The van der Waals surface area contributed by atoms with E-state index in [4.69, 9.17) is 0 Å². The van der Waals surface area contributed by atoms with E-state index in [-0.39, 0.29) is 5.56 Å². The molecule has 0 unspecified atom stereocenters. The van der Waals surface area contributed by atoms with Crippen LogP contribution in [0.15, 0.2) is 24.4 Å². The summed E-state index contributed by atoms with van der Waals surface area (Å²) < 4.78 is 19.2. The van der Waals surface area contributed by atoms with Gasteiger partial charge in [-0.25, -0.2) is 9.18 Å². The number of halogens is 1. The van der Waals surface area contributed by atoms with Gasteiger partial charge >= 0.3 is 5.97 Å². The maximum absolute atomic E-state index is 13.1. The van der Waals surface area contributed by atoms with E-state index in [1.165, 1.54) is 18.3 Å². The predicted molar refractivity (Wildman–Crippen MR) is 59.2 cm³/mol. The van der Waals surface area contributed by atoms with E-state index in [0.717, 1.165) is 7.11 Å². The van der Waals surface area contributed by atoms with E-state index in [1.807, 2.05) is 0 Å². The van der Waals surface area contributed by atoms with Crippen LogP contribution in [0.5, 0.6) is 0 Å². The number of hydrogen-bond acceptors (Lipinski definition) is 3. The van der Waals surface area contributed by atoms with Crippen LogP contribution in [0.2, 0.25) is 0 Å². The van der Waals surface area contributed by atoms with E-state index in [9.17, 15) is 14.0 Å². The number of fused-ring (bicyclic) bond motifs is 1. The Bertz CT molecular complexity index is 615. The lowest BCUT2D eigenvalue weighted by Crippen LogP contribution is -2.15. The molecule has 0 aliphatic heterocycles. The fourth-order valence-electron chi connectivity index (χ4n) is 1.75. The van der Waals surface area contributed by atoms with E-state index in [1.54, 1.807) is 17.7 Å². The topological polar surface area (TPSA) is 48.3 Å². The van der Waals surface area contributed by atoms with Crippen LogP contribution in [0.4, 0.5) is 4.39 Å². The number of benzene rings is 1. The molecule has 0 spiro atoms. The first-order valence-electron chi connectivity index (χ1n) is 4.92. The number of esters is 1. The maximum atomic E-state index is 13.1. The van der Waals surface area contributed by atoms with E-state index in [2.05, 4.69) is 4.74 Å². The Labute approximate surface area is 96.6 Å². The summed E-state index contributed by atoms with van der Waals surface area (Å²) in [6.45, 7) is 0. The van der Waals surface area contributed by atoms with Gasteiger partial charge in [-0.05, 0) is 18.2 Å². The largest absolute Gasteiger partial charge is 0.463 e. The third-order valence-corrected chi connectivity index (χ3v) is 2.57. The summed E-state index contributed by atoms with van der Waals surface area (Å²) in [4.78, 5) is 22.9. The fourth-order valence-corrected chi connectivity index (χ4v) is 1.75. The highest BCUT2D eigenvalue weighted by molar-refractivity contribution is 6.42. The minimum Gasteiger partial charge on any atom is -0.463 e. The number of Topliss-reactive ketones (excluding diaryl/α,β-unsaturated/α-hetero) is 1. The van der Waals surface area contributed by atoms with Gasteiger partial charge in [0.05, 0.1) is 12.7 Å². The van der Waals surface area contributed by atoms with Gasteiger partial charge in [0.2, 0.25) is 0 Å². The summed E-state index contributed by atoms with van der Waals surface area (Å²) in [5.74, 6) is -2.19. The molecule has 1 aromatic carbocycles. The van der Waals surface area contributed by atoms with Gasteiger partial charge in [0.15, 0.2) is 0 Å². The van der Waals surface area contributed by atoms with Crippen LogP contribution in [-0.2, 0) is 16.6 Å². The Hall–Kier alpha value is -2.17. The molecule has 0 radical (unpaired) electrons. The number of rotatable bonds is 2. The molecule has 0 aliphatic rings. The van der Waals surface area contributed by atoms with Crippen molar-refractivity contribution in [3.05, 3.63) is 35.8 Å². The molecule has 0 aliphatic carbocycles. The molecule has 0 saturated carbocycles. The molecule has 0 saturated heterocycles. The number of carbonyl (C=O) groups is 2. The Morgan fingerprint density at radius 1 is 1.35 bits per heavy atom. The molecule has 4 nitrogen and oxygen atoms in total. The SMILES string of the molecule is COC(=O)C(=O)c1cn(C)c2ccc(F)cc12. The van der Waals surface area contributed by atoms with Crippen molar-refractivity contribution in [1.29, 1.82) is 0 Å². The second kappa shape index (κ2) is 4.01. The van der Waals surface area contributed by atoms with Crippen LogP contribution in [0, 0.1) is 5.82 Å². The zero-order valence-electron chi connectivity index (χ0n) is 9.36. The molecular formula is C12H10FNO3. The number of methoxy groups -OCH3 is 1. The van der Waals surface area contributed by atoms with Gasteiger partial charge in [-0.1, -0.05) is 0 Å². The van der Waals surface area contributed by atoms with Crippen molar-refractivity contribution in [1.82, 2.24) is 4.57 Å². The van der Waals surface area contributed by atoms with Gasteiger partial charge in [0, 0.05) is 24.1 Å². The number of ketones is 1. The molecule has 2 rings (SSSR count). The number of aryl methyl sites for hydroxylation is 1. The smallest absolute Gasteiger partial charge is 0.379 e. The second-order valence-electron chi connectivity index (χ2n) is 3.64. The van der Waals surface area contributed by atoms with Gasteiger partial charge < -0.3 is 9.30 Å². The zero-order chi connectivity index (χ0) is 12.6. The Balaban J connectivity index is 2.66.